The average Bonchev–Trinajstić information content (AvgIpc) is 2.32. The minimum atomic E-state index is 0.765. The van der Waals surface area contributed by atoms with Crippen LogP contribution in [0.5, 0.6) is 0 Å². The molecular weight excluding hydrogens is 232 g/mol. The molecule has 0 radical (unpaired) electrons. The van der Waals surface area contributed by atoms with Crippen molar-refractivity contribution >= 4 is 5.69 Å². The largest absolute Gasteiger partial charge is 0.368 e. The van der Waals surface area contributed by atoms with Crippen LogP contribution >= 0.6 is 0 Å². The lowest BCUT2D eigenvalue weighted by atomic mass is 10.0. The first-order chi connectivity index (χ1) is 9.15. The topological polar surface area (TPSA) is 6.48 Å². The van der Waals surface area contributed by atoms with Crippen molar-refractivity contribution in [3.63, 3.8) is 0 Å². The molecule has 0 spiro atoms. The smallest absolute Gasteiger partial charge is 0.0446 e. The van der Waals surface area contributed by atoms with Gasteiger partial charge in [-0.15, -0.1) is 0 Å². The van der Waals surface area contributed by atoms with Crippen LogP contribution in [0, 0.1) is 13.8 Å². The maximum atomic E-state index is 2.66. The standard InChI is InChI=1S/C17H28N2/c1-5-9-18(10-6-2)17-12-19(13-17)16-8-7-14(3)15(4)11-16/h7-8,11,17H,5-6,9-10,12-13H2,1-4H3. The summed E-state index contributed by atoms with van der Waals surface area (Å²) in [7, 11) is 0. The van der Waals surface area contributed by atoms with Crippen molar-refractivity contribution in [2.24, 2.45) is 0 Å². The highest BCUT2D eigenvalue weighted by atomic mass is 15.3. The van der Waals surface area contributed by atoms with Crippen LogP contribution in [-0.4, -0.2) is 37.1 Å². The molecule has 1 aromatic rings. The Kier molecular flexibility index (Phi) is 4.87. The summed E-state index contributed by atoms with van der Waals surface area (Å²) in [4.78, 5) is 5.17. The maximum Gasteiger partial charge on any atom is 0.0446 e. The molecule has 1 saturated heterocycles. The molecule has 1 aromatic carbocycles. The first-order valence-electron chi connectivity index (χ1n) is 7.72. The summed E-state index contributed by atoms with van der Waals surface area (Å²) in [6, 6.07) is 7.60. The summed E-state index contributed by atoms with van der Waals surface area (Å²) in [5.41, 5.74) is 4.19. The summed E-state index contributed by atoms with van der Waals surface area (Å²) in [5, 5.41) is 0. The zero-order chi connectivity index (χ0) is 13.8. The Bertz CT molecular complexity index is 402. The quantitative estimate of drug-likeness (QED) is 0.771. The van der Waals surface area contributed by atoms with Crippen molar-refractivity contribution < 1.29 is 0 Å². The van der Waals surface area contributed by atoms with Gasteiger partial charge in [0.2, 0.25) is 0 Å². The van der Waals surface area contributed by atoms with Gasteiger partial charge in [-0.2, -0.15) is 0 Å². The molecule has 2 heteroatoms. The van der Waals surface area contributed by atoms with Gasteiger partial charge >= 0.3 is 0 Å². The van der Waals surface area contributed by atoms with Gasteiger partial charge in [-0.25, -0.2) is 0 Å². The molecule has 2 nitrogen and oxygen atoms in total. The van der Waals surface area contributed by atoms with Crippen molar-refractivity contribution in [2.75, 3.05) is 31.1 Å². The number of hydrogen-bond acceptors (Lipinski definition) is 2. The molecule has 19 heavy (non-hydrogen) atoms. The van der Waals surface area contributed by atoms with E-state index >= 15 is 0 Å². The Hall–Kier alpha value is -1.02. The molecule has 1 heterocycles. The highest BCUT2D eigenvalue weighted by molar-refractivity contribution is 5.53. The fourth-order valence-corrected chi connectivity index (χ4v) is 2.87. The van der Waals surface area contributed by atoms with Gasteiger partial charge in [-0.05, 0) is 63.0 Å². The van der Waals surface area contributed by atoms with Crippen LogP contribution in [0.25, 0.3) is 0 Å². The molecule has 0 amide bonds. The van der Waals surface area contributed by atoms with Crippen LogP contribution in [0.15, 0.2) is 18.2 Å². The minimum Gasteiger partial charge on any atom is -0.368 e. The summed E-state index contributed by atoms with van der Waals surface area (Å²) >= 11 is 0. The monoisotopic (exact) mass is 260 g/mol. The van der Waals surface area contributed by atoms with E-state index in [9.17, 15) is 0 Å². The van der Waals surface area contributed by atoms with E-state index < -0.39 is 0 Å². The van der Waals surface area contributed by atoms with E-state index in [2.05, 4.69) is 55.7 Å². The molecule has 2 rings (SSSR count). The van der Waals surface area contributed by atoms with Crippen LogP contribution in [-0.2, 0) is 0 Å². The summed E-state index contributed by atoms with van der Waals surface area (Å²) < 4.78 is 0. The molecular formula is C17H28N2. The Morgan fingerprint density at radius 1 is 1.05 bits per heavy atom. The van der Waals surface area contributed by atoms with Crippen LogP contribution < -0.4 is 4.90 Å². The Morgan fingerprint density at radius 3 is 2.21 bits per heavy atom. The first kappa shape index (κ1) is 14.4. The van der Waals surface area contributed by atoms with Crippen molar-refractivity contribution in [3.8, 4) is 0 Å². The second kappa shape index (κ2) is 6.42. The van der Waals surface area contributed by atoms with Crippen LogP contribution in [0.2, 0.25) is 0 Å². The SMILES string of the molecule is CCCN(CCC)C1CN(c2ccc(C)c(C)c2)C1. The molecule has 0 atom stereocenters. The zero-order valence-corrected chi connectivity index (χ0v) is 12.9. The third-order valence-corrected chi connectivity index (χ3v) is 4.26. The number of hydrogen-bond donors (Lipinski definition) is 0. The zero-order valence-electron chi connectivity index (χ0n) is 12.9. The van der Waals surface area contributed by atoms with E-state index in [0.717, 1.165) is 6.04 Å². The molecule has 0 aromatic heterocycles. The fraction of sp³-hybridized carbons (Fsp3) is 0.647. The van der Waals surface area contributed by atoms with Crippen molar-refractivity contribution in [3.05, 3.63) is 29.3 Å². The van der Waals surface area contributed by atoms with E-state index in [1.165, 1.54) is 55.8 Å². The maximum absolute atomic E-state index is 2.66. The molecule has 1 aliphatic heterocycles. The first-order valence-corrected chi connectivity index (χ1v) is 7.72. The van der Waals surface area contributed by atoms with Gasteiger partial charge in [0, 0.05) is 24.8 Å². The van der Waals surface area contributed by atoms with E-state index in [4.69, 9.17) is 0 Å². The van der Waals surface area contributed by atoms with Crippen molar-refractivity contribution in [1.29, 1.82) is 0 Å². The highest BCUT2D eigenvalue weighted by Gasteiger charge is 2.31. The number of aryl methyl sites for hydroxylation is 2. The fourth-order valence-electron chi connectivity index (χ4n) is 2.87. The normalized spacial score (nSPS) is 15.9. The third kappa shape index (κ3) is 3.30. The Morgan fingerprint density at radius 2 is 1.68 bits per heavy atom. The summed E-state index contributed by atoms with van der Waals surface area (Å²) in [6.07, 6.45) is 2.53. The Labute approximate surface area is 118 Å². The summed E-state index contributed by atoms with van der Waals surface area (Å²) in [6.45, 7) is 13.8. The highest BCUT2D eigenvalue weighted by Crippen LogP contribution is 2.26. The lowest BCUT2D eigenvalue weighted by Gasteiger charge is -2.47. The van der Waals surface area contributed by atoms with Crippen LogP contribution in [0.1, 0.15) is 37.8 Å². The lowest BCUT2D eigenvalue weighted by Crippen LogP contribution is -2.59. The number of rotatable bonds is 6. The van der Waals surface area contributed by atoms with Gasteiger partial charge in [0.15, 0.2) is 0 Å². The van der Waals surface area contributed by atoms with Gasteiger partial charge in [0.25, 0.3) is 0 Å². The number of benzene rings is 1. The number of nitrogens with zero attached hydrogens (tertiary/aromatic N) is 2. The van der Waals surface area contributed by atoms with Gasteiger partial charge in [0.1, 0.15) is 0 Å². The van der Waals surface area contributed by atoms with Gasteiger partial charge in [0.05, 0.1) is 0 Å². The average molecular weight is 260 g/mol. The van der Waals surface area contributed by atoms with Crippen LogP contribution in [0.3, 0.4) is 0 Å². The van der Waals surface area contributed by atoms with E-state index in [-0.39, 0.29) is 0 Å². The van der Waals surface area contributed by atoms with E-state index in [1.54, 1.807) is 0 Å². The molecule has 0 aliphatic carbocycles. The predicted octanol–water partition coefficient (Wildman–Crippen LogP) is 3.61. The molecule has 0 saturated carbocycles. The molecule has 1 aliphatic rings. The Balaban J connectivity index is 1.92. The van der Waals surface area contributed by atoms with Crippen molar-refractivity contribution in [1.82, 2.24) is 4.90 Å². The van der Waals surface area contributed by atoms with E-state index in [1.807, 2.05) is 0 Å². The van der Waals surface area contributed by atoms with Gasteiger partial charge in [-0.3, -0.25) is 4.90 Å². The molecule has 1 fully saturated rings. The van der Waals surface area contributed by atoms with Gasteiger partial charge in [-0.1, -0.05) is 19.9 Å². The van der Waals surface area contributed by atoms with E-state index in [0.29, 0.717) is 0 Å². The third-order valence-electron chi connectivity index (χ3n) is 4.26. The predicted molar refractivity (Wildman–Crippen MR) is 84.1 cm³/mol. The molecule has 0 bridgehead atoms. The molecule has 106 valence electrons. The van der Waals surface area contributed by atoms with Crippen molar-refractivity contribution in [2.45, 2.75) is 46.6 Å². The minimum absolute atomic E-state index is 0.765. The second-order valence-corrected chi connectivity index (χ2v) is 5.86. The van der Waals surface area contributed by atoms with Gasteiger partial charge < -0.3 is 4.90 Å². The van der Waals surface area contributed by atoms with Crippen LogP contribution in [0.4, 0.5) is 5.69 Å². The molecule has 0 unspecified atom stereocenters. The number of anilines is 1. The second-order valence-electron chi connectivity index (χ2n) is 5.86. The lowest BCUT2D eigenvalue weighted by molar-refractivity contribution is 0.166. The molecule has 0 N–H and O–H groups in total. The summed E-state index contributed by atoms with van der Waals surface area (Å²) in [5.74, 6) is 0.